The molecule has 2 atom stereocenters. The van der Waals surface area contributed by atoms with Gasteiger partial charge in [0, 0.05) is 24.5 Å². The van der Waals surface area contributed by atoms with Crippen molar-refractivity contribution in [1.82, 2.24) is 4.90 Å². The van der Waals surface area contributed by atoms with Crippen LogP contribution in [-0.4, -0.2) is 29.9 Å². The molecule has 0 bridgehead atoms. The van der Waals surface area contributed by atoms with Crippen molar-refractivity contribution in [2.45, 2.75) is 38.6 Å². The molecule has 1 aromatic rings. The lowest BCUT2D eigenvalue weighted by atomic mass is 9.90. The number of likely N-dealkylation sites (tertiary alicyclic amines) is 1. The van der Waals surface area contributed by atoms with Crippen LogP contribution in [0.3, 0.4) is 0 Å². The van der Waals surface area contributed by atoms with E-state index in [2.05, 4.69) is 36.5 Å². The van der Waals surface area contributed by atoms with Crippen LogP contribution in [0.2, 0.25) is 0 Å². The maximum atomic E-state index is 12.3. The van der Waals surface area contributed by atoms with E-state index in [4.69, 9.17) is 0 Å². The van der Waals surface area contributed by atoms with Crippen molar-refractivity contribution in [3.05, 3.63) is 29.8 Å². The molecule has 22 heavy (non-hydrogen) atoms. The lowest BCUT2D eigenvalue weighted by Gasteiger charge is -2.31. The smallest absolute Gasteiger partial charge is 0.406 e. The third-order valence-electron chi connectivity index (χ3n) is 3.95. The largest absolute Gasteiger partial charge is 0.573 e. The second kappa shape index (κ2) is 5.81. The van der Waals surface area contributed by atoms with Crippen LogP contribution in [0, 0.1) is 17.2 Å². The third kappa shape index (κ3) is 3.92. The van der Waals surface area contributed by atoms with Gasteiger partial charge in [-0.3, -0.25) is 4.90 Å². The molecule has 1 aromatic carbocycles. The van der Waals surface area contributed by atoms with Gasteiger partial charge in [-0.1, -0.05) is 12.1 Å². The van der Waals surface area contributed by atoms with Crippen molar-refractivity contribution in [2.24, 2.45) is 5.92 Å². The molecular weight excluding hydrogens is 293 g/mol. The minimum absolute atomic E-state index is 0.0794. The molecule has 2 rings (SSSR count). The Bertz CT molecular complexity index is 572. The molecule has 0 radical (unpaired) electrons. The molecule has 0 aliphatic carbocycles. The van der Waals surface area contributed by atoms with Gasteiger partial charge in [0.1, 0.15) is 5.75 Å². The summed E-state index contributed by atoms with van der Waals surface area (Å²) in [6.45, 7) is 7.46. The van der Waals surface area contributed by atoms with Gasteiger partial charge >= 0.3 is 6.36 Å². The first-order valence-corrected chi connectivity index (χ1v) is 7.10. The summed E-state index contributed by atoms with van der Waals surface area (Å²) in [5.41, 5.74) is 0.629. The topological polar surface area (TPSA) is 36.3 Å². The molecule has 1 aliphatic rings. The molecule has 1 aliphatic heterocycles. The SMILES string of the molecule is CC(C)(C)N1C[C@@H](C#N)[C@H](c2cccc(OC(F)(F)F)c2)C1. The molecule has 0 N–H and O–H groups in total. The summed E-state index contributed by atoms with van der Waals surface area (Å²) in [5.74, 6) is -0.586. The molecule has 0 aromatic heterocycles. The van der Waals surface area contributed by atoms with Crippen molar-refractivity contribution < 1.29 is 17.9 Å². The molecule has 0 unspecified atom stereocenters. The van der Waals surface area contributed by atoms with Crippen LogP contribution < -0.4 is 4.74 Å². The van der Waals surface area contributed by atoms with E-state index in [1.54, 1.807) is 6.07 Å². The maximum absolute atomic E-state index is 12.3. The number of halogens is 3. The predicted molar refractivity (Wildman–Crippen MR) is 76.3 cm³/mol. The highest BCUT2D eigenvalue weighted by Crippen LogP contribution is 2.37. The van der Waals surface area contributed by atoms with Crippen molar-refractivity contribution in [3.8, 4) is 11.8 Å². The lowest BCUT2D eigenvalue weighted by Crippen LogP contribution is -2.39. The lowest BCUT2D eigenvalue weighted by molar-refractivity contribution is -0.274. The number of hydrogen-bond donors (Lipinski definition) is 0. The van der Waals surface area contributed by atoms with Gasteiger partial charge in [-0.25, -0.2) is 0 Å². The quantitative estimate of drug-likeness (QED) is 0.830. The fraction of sp³-hybridized carbons (Fsp3) is 0.562. The average molecular weight is 312 g/mol. The number of hydrogen-bond acceptors (Lipinski definition) is 3. The van der Waals surface area contributed by atoms with E-state index in [-0.39, 0.29) is 23.1 Å². The normalized spacial score (nSPS) is 23.3. The summed E-state index contributed by atoms with van der Waals surface area (Å²) in [4.78, 5) is 2.18. The van der Waals surface area contributed by atoms with Crippen molar-refractivity contribution in [1.29, 1.82) is 5.26 Å². The molecule has 1 fully saturated rings. The van der Waals surface area contributed by atoms with E-state index >= 15 is 0 Å². The van der Waals surface area contributed by atoms with Gasteiger partial charge in [0.2, 0.25) is 0 Å². The van der Waals surface area contributed by atoms with Gasteiger partial charge in [0.15, 0.2) is 0 Å². The Morgan fingerprint density at radius 3 is 2.45 bits per heavy atom. The van der Waals surface area contributed by atoms with Crippen LogP contribution in [0.25, 0.3) is 0 Å². The van der Waals surface area contributed by atoms with Crippen LogP contribution in [0.4, 0.5) is 13.2 Å². The van der Waals surface area contributed by atoms with Crippen molar-refractivity contribution in [2.75, 3.05) is 13.1 Å². The van der Waals surface area contributed by atoms with E-state index in [1.807, 2.05) is 0 Å². The molecular formula is C16H19F3N2O. The minimum Gasteiger partial charge on any atom is -0.406 e. The van der Waals surface area contributed by atoms with Crippen LogP contribution in [0.5, 0.6) is 5.75 Å². The van der Waals surface area contributed by atoms with Gasteiger partial charge in [-0.2, -0.15) is 5.26 Å². The first-order chi connectivity index (χ1) is 10.1. The summed E-state index contributed by atoms with van der Waals surface area (Å²) in [6, 6.07) is 8.22. The molecule has 0 saturated carbocycles. The minimum atomic E-state index is -4.71. The summed E-state index contributed by atoms with van der Waals surface area (Å²) < 4.78 is 41.0. The van der Waals surface area contributed by atoms with Crippen LogP contribution in [0.15, 0.2) is 24.3 Å². The fourth-order valence-corrected chi connectivity index (χ4v) is 2.76. The Hall–Kier alpha value is -1.74. The van der Waals surface area contributed by atoms with Gasteiger partial charge in [0.05, 0.1) is 12.0 Å². The summed E-state index contributed by atoms with van der Waals surface area (Å²) in [6.07, 6.45) is -4.71. The molecule has 6 heteroatoms. The average Bonchev–Trinajstić information content (AvgIpc) is 2.81. The zero-order valence-corrected chi connectivity index (χ0v) is 12.8. The molecule has 3 nitrogen and oxygen atoms in total. The number of ether oxygens (including phenoxy) is 1. The Labute approximate surface area is 128 Å². The number of rotatable bonds is 2. The van der Waals surface area contributed by atoms with Crippen molar-refractivity contribution >= 4 is 0 Å². The highest BCUT2D eigenvalue weighted by Gasteiger charge is 2.39. The highest BCUT2D eigenvalue weighted by atomic mass is 19.4. The summed E-state index contributed by atoms with van der Waals surface area (Å²) in [7, 11) is 0. The molecule has 0 amide bonds. The van der Waals surface area contributed by atoms with E-state index in [9.17, 15) is 18.4 Å². The standard InChI is InChI=1S/C16H19F3N2O/c1-15(2,3)21-9-12(8-20)14(10-21)11-5-4-6-13(7-11)22-16(17,18)19/h4-7,12,14H,9-10H2,1-3H3/t12-,14+/m1/s1. The Kier molecular flexibility index (Phi) is 4.39. The second-order valence-corrected chi connectivity index (χ2v) is 6.54. The summed E-state index contributed by atoms with van der Waals surface area (Å²) in [5, 5.41) is 9.35. The number of nitriles is 1. The van der Waals surface area contributed by atoms with Gasteiger partial charge in [0.25, 0.3) is 0 Å². The van der Waals surface area contributed by atoms with Crippen LogP contribution in [-0.2, 0) is 0 Å². The molecule has 1 saturated heterocycles. The number of benzene rings is 1. The van der Waals surface area contributed by atoms with Gasteiger partial charge in [-0.05, 0) is 38.5 Å². The van der Waals surface area contributed by atoms with Crippen LogP contribution in [0.1, 0.15) is 32.3 Å². The van der Waals surface area contributed by atoms with E-state index in [0.29, 0.717) is 18.7 Å². The zero-order chi connectivity index (χ0) is 16.5. The molecule has 120 valence electrons. The van der Waals surface area contributed by atoms with Gasteiger partial charge < -0.3 is 4.74 Å². The monoisotopic (exact) mass is 312 g/mol. The Morgan fingerprint density at radius 2 is 1.91 bits per heavy atom. The number of alkyl halides is 3. The van der Waals surface area contributed by atoms with E-state index in [0.717, 1.165) is 0 Å². The Morgan fingerprint density at radius 1 is 1.23 bits per heavy atom. The first-order valence-electron chi connectivity index (χ1n) is 7.10. The summed E-state index contributed by atoms with van der Waals surface area (Å²) >= 11 is 0. The molecule has 0 spiro atoms. The number of nitrogens with zero attached hydrogens (tertiary/aromatic N) is 2. The highest BCUT2D eigenvalue weighted by molar-refractivity contribution is 5.33. The predicted octanol–water partition coefficient (Wildman–Crippen LogP) is 3.92. The first kappa shape index (κ1) is 16.6. The van der Waals surface area contributed by atoms with Crippen molar-refractivity contribution in [3.63, 3.8) is 0 Å². The zero-order valence-electron chi connectivity index (χ0n) is 12.8. The Balaban J connectivity index is 2.24. The molecule has 1 heterocycles. The second-order valence-electron chi connectivity index (χ2n) is 6.54. The van der Waals surface area contributed by atoms with E-state index < -0.39 is 6.36 Å². The maximum Gasteiger partial charge on any atom is 0.573 e. The third-order valence-corrected chi connectivity index (χ3v) is 3.95. The van der Waals surface area contributed by atoms with Crippen LogP contribution >= 0.6 is 0 Å². The van der Waals surface area contributed by atoms with E-state index in [1.165, 1.54) is 18.2 Å². The van der Waals surface area contributed by atoms with Gasteiger partial charge in [-0.15, -0.1) is 13.2 Å². The fourth-order valence-electron chi connectivity index (χ4n) is 2.76.